The molecular weight excluding hydrogens is 273 g/mol. The largest absolute Gasteiger partial charge is 0.506 e. The number of phenolic OH excluding ortho intramolecular Hbond substituents is 1. The van der Waals surface area contributed by atoms with Crippen molar-refractivity contribution in [3.8, 4) is 5.75 Å². The first-order valence-corrected chi connectivity index (χ1v) is 6.28. The van der Waals surface area contributed by atoms with Gasteiger partial charge in [-0.1, -0.05) is 23.2 Å². The van der Waals surface area contributed by atoms with Crippen LogP contribution in [-0.4, -0.2) is 21.6 Å². The van der Waals surface area contributed by atoms with Crippen molar-refractivity contribution in [2.75, 3.05) is 6.54 Å². The standard InChI is InChI=1S/C12H13Cl2N3O/c13-9-5-8(12(18)10(14)6-9)7-15-2-1-11-16-3-4-17-11/h3-6,15,18H,1-2,7H2,(H,16,17). The number of nitrogens with one attached hydrogen (secondary N) is 2. The van der Waals surface area contributed by atoms with Crippen LogP contribution < -0.4 is 5.32 Å². The summed E-state index contributed by atoms with van der Waals surface area (Å²) >= 11 is 11.7. The summed E-state index contributed by atoms with van der Waals surface area (Å²) in [6, 6.07) is 3.22. The maximum Gasteiger partial charge on any atom is 0.138 e. The van der Waals surface area contributed by atoms with Gasteiger partial charge in [0.05, 0.1) is 5.02 Å². The topological polar surface area (TPSA) is 60.9 Å². The molecule has 0 atom stereocenters. The number of aromatic nitrogens is 2. The van der Waals surface area contributed by atoms with Gasteiger partial charge in [-0.2, -0.15) is 0 Å². The second-order valence-electron chi connectivity index (χ2n) is 3.86. The number of aromatic amines is 1. The summed E-state index contributed by atoms with van der Waals surface area (Å²) in [5, 5.41) is 13.7. The van der Waals surface area contributed by atoms with Crippen LogP contribution in [0, 0.1) is 0 Å². The monoisotopic (exact) mass is 285 g/mol. The highest BCUT2D eigenvalue weighted by molar-refractivity contribution is 6.35. The Morgan fingerprint density at radius 1 is 1.33 bits per heavy atom. The zero-order valence-electron chi connectivity index (χ0n) is 9.58. The summed E-state index contributed by atoms with van der Waals surface area (Å²) in [6.45, 7) is 1.25. The van der Waals surface area contributed by atoms with Crippen molar-refractivity contribution in [2.24, 2.45) is 0 Å². The van der Waals surface area contributed by atoms with Crippen molar-refractivity contribution in [2.45, 2.75) is 13.0 Å². The minimum Gasteiger partial charge on any atom is -0.506 e. The molecule has 1 aromatic carbocycles. The number of phenols is 1. The fourth-order valence-corrected chi connectivity index (χ4v) is 2.15. The molecule has 0 saturated carbocycles. The molecule has 0 fully saturated rings. The van der Waals surface area contributed by atoms with Gasteiger partial charge in [0.1, 0.15) is 11.6 Å². The van der Waals surface area contributed by atoms with Crippen LogP contribution in [0.25, 0.3) is 0 Å². The molecule has 1 heterocycles. The van der Waals surface area contributed by atoms with Crippen molar-refractivity contribution < 1.29 is 5.11 Å². The number of benzene rings is 1. The first kappa shape index (κ1) is 13.2. The Morgan fingerprint density at radius 3 is 2.89 bits per heavy atom. The van der Waals surface area contributed by atoms with E-state index in [-0.39, 0.29) is 10.8 Å². The smallest absolute Gasteiger partial charge is 0.138 e. The van der Waals surface area contributed by atoms with Crippen molar-refractivity contribution in [3.63, 3.8) is 0 Å². The molecular formula is C12H13Cl2N3O. The Labute approximate surface area is 115 Å². The van der Waals surface area contributed by atoms with Crippen LogP contribution in [0.15, 0.2) is 24.5 Å². The molecule has 0 radical (unpaired) electrons. The van der Waals surface area contributed by atoms with Crippen molar-refractivity contribution >= 4 is 23.2 Å². The number of hydrogen-bond acceptors (Lipinski definition) is 3. The molecule has 4 nitrogen and oxygen atoms in total. The van der Waals surface area contributed by atoms with Gasteiger partial charge in [0.15, 0.2) is 0 Å². The van der Waals surface area contributed by atoms with E-state index in [1.165, 1.54) is 6.07 Å². The molecule has 2 aromatic rings. The lowest BCUT2D eigenvalue weighted by atomic mass is 10.2. The first-order chi connectivity index (χ1) is 8.66. The third-order valence-electron chi connectivity index (χ3n) is 2.52. The van der Waals surface area contributed by atoms with Crippen LogP contribution in [0.5, 0.6) is 5.75 Å². The predicted octanol–water partition coefficient (Wildman–Crippen LogP) is 2.75. The van der Waals surface area contributed by atoms with E-state index < -0.39 is 0 Å². The lowest BCUT2D eigenvalue weighted by Gasteiger charge is -2.08. The molecule has 0 saturated heterocycles. The predicted molar refractivity (Wildman–Crippen MR) is 72.1 cm³/mol. The molecule has 0 aliphatic rings. The molecule has 0 aliphatic heterocycles. The van der Waals surface area contributed by atoms with Gasteiger partial charge in [0.25, 0.3) is 0 Å². The van der Waals surface area contributed by atoms with Gasteiger partial charge in [0.2, 0.25) is 0 Å². The van der Waals surface area contributed by atoms with Gasteiger partial charge >= 0.3 is 0 Å². The summed E-state index contributed by atoms with van der Waals surface area (Å²) in [6.07, 6.45) is 4.30. The highest BCUT2D eigenvalue weighted by Crippen LogP contribution is 2.30. The van der Waals surface area contributed by atoms with E-state index in [0.717, 1.165) is 18.8 Å². The van der Waals surface area contributed by atoms with E-state index in [1.54, 1.807) is 18.5 Å². The Morgan fingerprint density at radius 2 is 2.17 bits per heavy atom. The fourth-order valence-electron chi connectivity index (χ4n) is 1.62. The van der Waals surface area contributed by atoms with E-state index in [2.05, 4.69) is 15.3 Å². The van der Waals surface area contributed by atoms with Crippen LogP contribution in [0.1, 0.15) is 11.4 Å². The lowest BCUT2D eigenvalue weighted by Crippen LogP contribution is -2.17. The maximum atomic E-state index is 9.76. The Hall–Kier alpha value is -1.23. The minimum atomic E-state index is 0.0755. The van der Waals surface area contributed by atoms with Gasteiger partial charge in [-0.25, -0.2) is 4.98 Å². The summed E-state index contributed by atoms with van der Waals surface area (Å²) in [5.41, 5.74) is 0.687. The van der Waals surface area contributed by atoms with Crippen molar-refractivity contribution in [1.82, 2.24) is 15.3 Å². The van der Waals surface area contributed by atoms with Crippen LogP contribution in [0.2, 0.25) is 10.0 Å². The number of rotatable bonds is 5. The molecule has 1 aromatic heterocycles. The average molecular weight is 286 g/mol. The van der Waals surface area contributed by atoms with Crippen LogP contribution in [-0.2, 0) is 13.0 Å². The van der Waals surface area contributed by atoms with Gasteiger partial charge in [-0.05, 0) is 12.1 Å². The molecule has 0 aliphatic carbocycles. The molecule has 0 bridgehead atoms. The molecule has 0 spiro atoms. The molecule has 96 valence electrons. The first-order valence-electron chi connectivity index (χ1n) is 5.52. The minimum absolute atomic E-state index is 0.0755. The van der Waals surface area contributed by atoms with Crippen LogP contribution in [0.4, 0.5) is 0 Å². The number of imidazole rings is 1. The highest BCUT2D eigenvalue weighted by Gasteiger charge is 2.07. The van der Waals surface area contributed by atoms with Gasteiger partial charge in [0, 0.05) is 42.5 Å². The van der Waals surface area contributed by atoms with E-state index in [9.17, 15) is 5.11 Å². The quantitative estimate of drug-likeness (QED) is 0.741. The molecule has 6 heteroatoms. The lowest BCUT2D eigenvalue weighted by molar-refractivity contribution is 0.465. The fraction of sp³-hybridized carbons (Fsp3) is 0.250. The number of aromatic hydroxyl groups is 1. The second-order valence-corrected chi connectivity index (χ2v) is 4.70. The zero-order chi connectivity index (χ0) is 13.0. The number of hydrogen-bond donors (Lipinski definition) is 3. The number of nitrogens with zero attached hydrogens (tertiary/aromatic N) is 1. The van der Waals surface area contributed by atoms with Crippen LogP contribution in [0.3, 0.4) is 0 Å². The molecule has 0 unspecified atom stereocenters. The number of H-pyrrole nitrogens is 1. The second kappa shape index (κ2) is 6.09. The van der Waals surface area contributed by atoms with E-state index in [1.807, 2.05) is 0 Å². The van der Waals surface area contributed by atoms with Crippen molar-refractivity contribution in [1.29, 1.82) is 0 Å². The third kappa shape index (κ3) is 3.38. The number of halogens is 2. The average Bonchev–Trinajstić information content (AvgIpc) is 2.83. The van der Waals surface area contributed by atoms with Crippen LogP contribution >= 0.6 is 23.2 Å². The molecule has 3 N–H and O–H groups in total. The Bertz CT molecular complexity index is 514. The Kier molecular flexibility index (Phi) is 4.47. The summed E-state index contributed by atoms with van der Waals surface area (Å²) in [4.78, 5) is 7.14. The van der Waals surface area contributed by atoms with Gasteiger partial charge in [-0.3, -0.25) is 0 Å². The summed E-state index contributed by atoms with van der Waals surface area (Å²) in [7, 11) is 0. The van der Waals surface area contributed by atoms with Crippen molar-refractivity contribution in [3.05, 3.63) is 46.0 Å². The van der Waals surface area contributed by atoms with E-state index in [4.69, 9.17) is 23.2 Å². The normalized spacial score (nSPS) is 10.8. The summed E-state index contributed by atoms with van der Waals surface area (Å²) in [5.74, 6) is 1.00. The van der Waals surface area contributed by atoms with Gasteiger partial charge < -0.3 is 15.4 Å². The SMILES string of the molecule is Oc1c(Cl)cc(Cl)cc1CNCCc1ncc[nH]1. The molecule has 2 rings (SSSR count). The molecule has 0 amide bonds. The maximum absolute atomic E-state index is 9.76. The van der Waals surface area contributed by atoms with Gasteiger partial charge in [-0.15, -0.1) is 0 Å². The molecule has 18 heavy (non-hydrogen) atoms. The van der Waals surface area contributed by atoms with E-state index >= 15 is 0 Å². The summed E-state index contributed by atoms with van der Waals surface area (Å²) < 4.78 is 0. The van der Waals surface area contributed by atoms with E-state index in [0.29, 0.717) is 17.1 Å². The third-order valence-corrected chi connectivity index (χ3v) is 3.02. The highest BCUT2D eigenvalue weighted by atomic mass is 35.5. The Balaban J connectivity index is 1.86. The zero-order valence-corrected chi connectivity index (χ0v) is 11.1.